The maximum Gasteiger partial charge on any atom is 0.170 e. The van der Waals surface area contributed by atoms with Gasteiger partial charge in [0.25, 0.3) is 0 Å². The van der Waals surface area contributed by atoms with Crippen molar-refractivity contribution in [2.24, 2.45) is 0 Å². The molecule has 0 bridgehead atoms. The third-order valence-corrected chi connectivity index (χ3v) is 8.97. The van der Waals surface area contributed by atoms with Crippen molar-refractivity contribution in [2.75, 3.05) is 16.8 Å². The van der Waals surface area contributed by atoms with Gasteiger partial charge in [0.2, 0.25) is 0 Å². The Kier molecular flexibility index (Phi) is 9.11. The zero-order valence-electron chi connectivity index (χ0n) is 10.5. The molecule has 0 aliphatic heterocycles. The van der Waals surface area contributed by atoms with Crippen molar-refractivity contribution in [3.05, 3.63) is 0 Å². The minimum absolute atomic E-state index is 0.0966. The highest BCUT2D eigenvalue weighted by Crippen LogP contribution is 2.29. The summed E-state index contributed by atoms with van der Waals surface area (Å²) in [5, 5.41) is 0.194. The standard InChI is InChI=1S/C8H18O4S2.CH2Cl2/c1-5-8(4,13(9,10)6-2)14(11,12)7-3;2-1-3/h5-7H2,1-4H3;1H2. The zero-order valence-corrected chi connectivity index (χ0v) is 13.7. The summed E-state index contributed by atoms with van der Waals surface area (Å²) in [7, 11) is -7.14. The van der Waals surface area contributed by atoms with Crippen LogP contribution in [0.3, 0.4) is 0 Å². The Bertz CT molecular complexity index is 367. The first-order valence-corrected chi connectivity index (χ1v) is 9.54. The topological polar surface area (TPSA) is 68.3 Å². The van der Waals surface area contributed by atoms with E-state index in [0.717, 1.165) is 0 Å². The van der Waals surface area contributed by atoms with Crippen LogP contribution in [0, 0.1) is 0 Å². The van der Waals surface area contributed by atoms with Crippen molar-refractivity contribution >= 4 is 42.9 Å². The molecule has 17 heavy (non-hydrogen) atoms. The summed E-state index contributed by atoms with van der Waals surface area (Å²) in [6, 6.07) is 0. The van der Waals surface area contributed by atoms with E-state index in [9.17, 15) is 16.8 Å². The van der Waals surface area contributed by atoms with Gasteiger partial charge in [0.1, 0.15) is 0 Å². The lowest BCUT2D eigenvalue weighted by Gasteiger charge is -2.26. The van der Waals surface area contributed by atoms with E-state index >= 15 is 0 Å². The maximum absolute atomic E-state index is 11.7. The second-order valence-corrected chi connectivity index (χ2v) is 9.88. The van der Waals surface area contributed by atoms with E-state index in [0.29, 0.717) is 0 Å². The van der Waals surface area contributed by atoms with Crippen LogP contribution >= 0.6 is 23.2 Å². The lowest BCUT2D eigenvalue weighted by atomic mass is 10.4. The molecule has 0 fully saturated rings. The van der Waals surface area contributed by atoms with Gasteiger partial charge < -0.3 is 0 Å². The van der Waals surface area contributed by atoms with E-state index in [2.05, 4.69) is 0 Å². The van der Waals surface area contributed by atoms with Crippen LogP contribution < -0.4 is 0 Å². The predicted octanol–water partition coefficient (Wildman–Crippen LogP) is 2.40. The lowest BCUT2D eigenvalue weighted by Crippen LogP contribution is -2.44. The Balaban J connectivity index is 0. The van der Waals surface area contributed by atoms with E-state index in [-0.39, 0.29) is 23.3 Å². The van der Waals surface area contributed by atoms with Gasteiger partial charge in [-0.3, -0.25) is 0 Å². The van der Waals surface area contributed by atoms with Crippen LogP contribution in [0.5, 0.6) is 0 Å². The molecule has 0 aromatic rings. The first-order chi connectivity index (χ1) is 7.60. The molecule has 0 rings (SSSR count). The number of rotatable bonds is 5. The van der Waals surface area contributed by atoms with Crippen LogP contribution in [0.4, 0.5) is 0 Å². The Morgan fingerprint density at radius 3 is 1.24 bits per heavy atom. The molecule has 106 valence electrons. The Morgan fingerprint density at radius 1 is 0.882 bits per heavy atom. The van der Waals surface area contributed by atoms with Crippen molar-refractivity contribution < 1.29 is 16.8 Å². The molecular weight excluding hydrogens is 307 g/mol. The minimum atomic E-state index is -3.57. The summed E-state index contributed by atoms with van der Waals surface area (Å²) in [5.74, 6) is -0.285. The van der Waals surface area contributed by atoms with E-state index in [1.54, 1.807) is 6.92 Å². The van der Waals surface area contributed by atoms with Crippen molar-refractivity contribution in [3.63, 3.8) is 0 Å². The van der Waals surface area contributed by atoms with Gasteiger partial charge in [-0.25, -0.2) is 16.8 Å². The molecule has 0 unspecified atom stereocenters. The smallest absolute Gasteiger partial charge is 0.170 e. The maximum atomic E-state index is 11.7. The van der Waals surface area contributed by atoms with Gasteiger partial charge in [0.15, 0.2) is 23.8 Å². The monoisotopic (exact) mass is 326 g/mol. The molecule has 0 amide bonds. The predicted molar refractivity (Wildman–Crippen MR) is 74.2 cm³/mol. The number of hydrogen-bond acceptors (Lipinski definition) is 4. The van der Waals surface area contributed by atoms with Crippen LogP contribution in [-0.2, 0) is 19.7 Å². The molecule has 0 N–H and O–H groups in total. The molecule has 0 saturated carbocycles. The SMILES string of the molecule is CCC(C)(S(=O)(=O)CC)S(=O)(=O)CC.ClCCl. The van der Waals surface area contributed by atoms with Gasteiger partial charge >= 0.3 is 0 Å². The van der Waals surface area contributed by atoms with Crippen LogP contribution in [-0.4, -0.2) is 37.8 Å². The molecule has 0 aliphatic rings. The van der Waals surface area contributed by atoms with Gasteiger partial charge in [-0.15, -0.1) is 23.2 Å². The minimum Gasteiger partial charge on any atom is -0.227 e. The molecule has 0 aliphatic carbocycles. The summed E-state index contributed by atoms with van der Waals surface area (Å²) < 4.78 is 45.1. The summed E-state index contributed by atoms with van der Waals surface area (Å²) >= 11 is 9.53. The van der Waals surface area contributed by atoms with E-state index < -0.39 is 23.8 Å². The molecule has 0 aromatic carbocycles. The fourth-order valence-corrected chi connectivity index (χ4v) is 5.60. The summed E-state index contributed by atoms with van der Waals surface area (Å²) in [6.07, 6.45) is 0.0966. The number of alkyl halides is 2. The highest BCUT2D eigenvalue weighted by Gasteiger charge is 2.47. The van der Waals surface area contributed by atoms with Crippen molar-refractivity contribution in [2.45, 2.75) is 38.2 Å². The van der Waals surface area contributed by atoms with Crippen LogP contribution in [0.25, 0.3) is 0 Å². The largest absolute Gasteiger partial charge is 0.227 e. The average molecular weight is 327 g/mol. The fraction of sp³-hybridized carbons (Fsp3) is 1.00. The van der Waals surface area contributed by atoms with Crippen LogP contribution in [0.1, 0.15) is 34.1 Å². The molecule has 0 saturated heterocycles. The molecule has 4 nitrogen and oxygen atoms in total. The van der Waals surface area contributed by atoms with Gasteiger partial charge in [0, 0.05) is 11.5 Å². The van der Waals surface area contributed by atoms with Crippen molar-refractivity contribution in [1.82, 2.24) is 0 Å². The number of hydrogen-bond donors (Lipinski definition) is 0. The van der Waals surface area contributed by atoms with E-state index in [4.69, 9.17) is 23.2 Å². The van der Waals surface area contributed by atoms with Crippen molar-refractivity contribution in [3.8, 4) is 0 Å². The number of halogens is 2. The first kappa shape index (κ1) is 19.8. The summed E-state index contributed by atoms with van der Waals surface area (Å²) in [6.45, 7) is 5.81. The van der Waals surface area contributed by atoms with Crippen LogP contribution in [0.15, 0.2) is 0 Å². The highest BCUT2D eigenvalue weighted by molar-refractivity contribution is 8.10. The van der Waals surface area contributed by atoms with Gasteiger partial charge in [-0.1, -0.05) is 20.8 Å². The summed E-state index contributed by atoms with van der Waals surface area (Å²) in [5.41, 5.74) is 0. The van der Waals surface area contributed by atoms with Crippen molar-refractivity contribution in [1.29, 1.82) is 0 Å². The molecule has 0 spiro atoms. The van der Waals surface area contributed by atoms with Gasteiger partial charge in [-0.2, -0.15) is 0 Å². The molecular formula is C9H20Cl2O4S2. The van der Waals surface area contributed by atoms with Crippen LogP contribution in [0.2, 0.25) is 0 Å². The molecule has 0 atom stereocenters. The Labute approximate surface area is 115 Å². The third kappa shape index (κ3) is 4.58. The lowest BCUT2D eigenvalue weighted by molar-refractivity contribution is 0.543. The molecule has 0 aromatic heterocycles. The third-order valence-electron chi connectivity index (χ3n) is 2.72. The molecule has 0 heterocycles. The molecule has 8 heteroatoms. The quantitative estimate of drug-likeness (QED) is 0.727. The second-order valence-electron chi connectivity index (χ2n) is 3.40. The fourth-order valence-electron chi connectivity index (χ4n) is 1.24. The number of sulfone groups is 2. The zero-order chi connectivity index (χ0) is 14.3. The normalized spacial score (nSPS) is 12.8. The van der Waals surface area contributed by atoms with Gasteiger partial charge in [0.05, 0.1) is 5.34 Å². The highest BCUT2D eigenvalue weighted by atomic mass is 35.5. The average Bonchev–Trinajstić information content (AvgIpc) is 2.28. The summed E-state index contributed by atoms with van der Waals surface area (Å²) in [4.78, 5) is 0. The van der Waals surface area contributed by atoms with E-state index in [1.165, 1.54) is 20.8 Å². The Morgan fingerprint density at radius 2 is 1.12 bits per heavy atom. The first-order valence-electron chi connectivity index (χ1n) is 5.16. The van der Waals surface area contributed by atoms with Gasteiger partial charge in [-0.05, 0) is 13.3 Å². The molecule has 0 radical (unpaired) electrons. The second kappa shape index (κ2) is 7.81. The Hall–Kier alpha value is 0.480. The van der Waals surface area contributed by atoms with E-state index in [1.807, 2.05) is 0 Å².